The molecule has 0 aromatic carbocycles. The quantitative estimate of drug-likeness (QED) is 0.648. The Balaban J connectivity index is 0.000000423. The topological polar surface area (TPSA) is 64.1 Å². The molecule has 0 aliphatic heterocycles. The molecule has 0 atom stereocenters. The summed E-state index contributed by atoms with van der Waals surface area (Å²) in [5, 5.41) is 2.90. The van der Waals surface area contributed by atoms with Gasteiger partial charge in [0.05, 0.1) is 5.70 Å². The molecule has 5 N–H and O–H groups in total. The zero-order valence-electron chi connectivity index (χ0n) is 9.96. The van der Waals surface area contributed by atoms with Gasteiger partial charge in [-0.25, -0.2) is 0 Å². The smallest absolute Gasteiger partial charge is 0.0543 e. The molecular weight excluding hydrogens is 186 g/mol. The summed E-state index contributed by atoms with van der Waals surface area (Å²) in [7, 11) is 1.85. The van der Waals surface area contributed by atoms with Gasteiger partial charge in [-0.2, -0.15) is 0 Å². The van der Waals surface area contributed by atoms with Gasteiger partial charge in [0.15, 0.2) is 0 Å². The highest BCUT2D eigenvalue weighted by atomic mass is 14.8. The van der Waals surface area contributed by atoms with Crippen LogP contribution in [-0.2, 0) is 0 Å². The fourth-order valence-corrected chi connectivity index (χ4v) is 1.07. The molecule has 3 heteroatoms. The van der Waals surface area contributed by atoms with Gasteiger partial charge in [-0.3, -0.25) is 0 Å². The Bertz CT molecular complexity index is 247. The van der Waals surface area contributed by atoms with Gasteiger partial charge in [0, 0.05) is 13.2 Å². The highest BCUT2D eigenvalue weighted by Gasteiger charge is 1.98. The minimum atomic E-state index is 0.333. The number of nitrogens with two attached hydrogens (primary N) is 2. The van der Waals surface area contributed by atoms with Gasteiger partial charge in [-0.1, -0.05) is 32.1 Å². The van der Waals surface area contributed by atoms with Crippen molar-refractivity contribution in [3.05, 3.63) is 35.7 Å². The molecule has 0 saturated heterocycles. The summed E-state index contributed by atoms with van der Waals surface area (Å²) in [5.74, 6) is 0. The lowest BCUT2D eigenvalue weighted by Gasteiger charge is -2.06. The molecule has 0 spiro atoms. The molecule has 1 rings (SSSR count). The first-order chi connectivity index (χ1) is 7.07. The van der Waals surface area contributed by atoms with E-state index in [0.29, 0.717) is 6.04 Å². The Hall–Kier alpha value is -1.22. The molecule has 0 amide bonds. The van der Waals surface area contributed by atoms with Crippen molar-refractivity contribution in [2.24, 2.45) is 11.5 Å². The van der Waals surface area contributed by atoms with Gasteiger partial charge in [0.25, 0.3) is 0 Å². The van der Waals surface area contributed by atoms with Crippen LogP contribution in [0.4, 0.5) is 0 Å². The van der Waals surface area contributed by atoms with Crippen LogP contribution in [0.3, 0.4) is 0 Å². The van der Waals surface area contributed by atoms with Crippen molar-refractivity contribution >= 4 is 0 Å². The molecule has 86 valence electrons. The van der Waals surface area contributed by atoms with Crippen molar-refractivity contribution < 1.29 is 0 Å². The van der Waals surface area contributed by atoms with Gasteiger partial charge >= 0.3 is 0 Å². The van der Waals surface area contributed by atoms with E-state index in [1.165, 1.54) is 0 Å². The Morgan fingerprint density at radius 3 is 2.47 bits per heavy atom. The van der Waals surface area contributed by atoms with Gasteiger partial charge in [-0.05, 0) is 24.5 Å². The van der Waals surface area contributed by atoms with E-state index in [1.807, 2.05) is 27.1 Å². The van der Waals surface area contributed by atoms with Crippen LogP contribution in [0, 0.1) is 0 Å². The van der Waals surface area contributed by atoms with Crippen molar-refractivity contribution in [2.45, 2.75) is 32.7 Å². The summed E-state index contributed by atoms with van der Waals surface area (Å²) >= 11 is 0. The average molecular weight is 209 g/mol. The second-order valence-corrected chi connectivity index (χ2v) is 3.77. The largest absolute Gasteiger partial charge is 0.397 e. The lowest BCUT2D eigenvalue weighted by Crippen LogP contribution is -2.06. The Morgan fingerprint density at radius 1 is 1.47 bits per heavy atom. The Morgan fingerprint density at radius 2 is 2.07 bits per heavy atom. The first-order valence-corrected chi connectivity index (χ1v) is 5.33. The monoisotopic (exact) mass is 209 g/mol. The minimum absolute atomic E-state index is 0.333. The third-order valence-electron chi connectivity index (χ3n) is 1.63. The number of rotatable bonds is 2. The fraction of sp³-hybridized carbons (Fsp3) is 0.500. The van der Waals surface area contributed by atoms with Crippen LogP contribution in [0.15, 0.2) is 35.7 Å². The maximum absolute atomic E-state index is 5.74. The van der Waals surface area contributed by atoms with Gasteiger partial charge in [0.2, 0.25) is 0 Å². The van der Waals surface area contributed by atoms with E-state index >= 15 is 0 Å². The number of hydrogen-bond donors (Lipinski definition) is 3. The van der Waals surface area contributed by atoms with Crippen LogP contribution in [-0.4, -0.2) is 13.1 Å². The first kappa shape index (κ1) is 13.8. The van der Waals surface area contributed by atoms with Crippen molar-refractivity contribution in [2.75, 3.05) is 7.05 Å². The van der Waals surface area contributed by atoms with Crippen LogP contribution in [0.25, 0.3) is 0 Å². The maximum atomic E-state index is 5.74. The Labute approximate surface area is 92.9 Å². The third kappa shape index (κ3) is 7.82. The van der Waals surface area contributed by atoms with Crippen LogP contribution in [0.5, 0.6) is 0 Å². The summed E-state index contributed by atoms with van der Waals surface area (Å²) in [5.41, 5.74) is 12.8. The second-order valence-electron chi connectivity index (χ2n) is 3.77. The van der Waals surface area contributed by atoms with E-state index in [-0.39, 0.29) is 0 Å². The van der Waals surface area contributed by atoms with Gasteiger partial charge in [0.1, 0.15) is 0 Å². The fourth-order valence-electron chi connectivity index (χ4n) is 1.07. The van der Waals surface area contributed by atoms with E-state index in [4.69, 9.17) is 11.5 Å². The normalized spacial score (nSPS) is 15.5. The molecule has 0 saturated carbocycles. The molecule has 0 aromatic rings. The number of nitrogens with one attached hydrogen (secondary N) is 1. The molecule has 0 aromatic heterocycles. The summed E-state index contributed by atoms with van der Waals surface area (Å²) < 4.78 is 0. The zero-order valence-corrected chi connectivity index (χ0v) is 9.96. The SMILES string of the molecule is CC(C)N.CN/C=C(\N)C1=CCCC=C1. The van der Waals surface area contributed by atoms with Crippen molar-refractivity contribution in [3.63, 3.8) is 0 Å². The molecule has 0 bridgehead atoms. The number of hydrogen-bond acceptors (Lipinski definition) is 3. The molecule has 0 heterocycles. The zero-order chi connectivity index (χ0) is 11.7. The summed E-state index contributed by atoms with van der Waals surface area (Å²) in [6.45, 7) is 3.89. The summed E-state index contributed by atoms with van der Waals surface area (Å²) in [6, 6.07) is 0.333. The predicted molar refractivity (Wildman–Crippen MR) is 67.1 cm³/mol. The lowest BCUT2D eigenvalue weighted by atomic mass is 10.1. The van der Waals surface area contributed by atoms with E-state index in [0.717, 1.165) is 24.1 Å². The van der Waals surface area contributed by atoms with Crippen LogP contribution in [0.2, 0.25) is 0 Å². The minimum Gasteiger partial charge on any atom is -0.397 e. The number of allylic oxidation sites excluding steroid dienone is 3. The van der Waals surface area contributed by atoms with E-state index in [1.54, 1.807) is 0 Å². The third-order valence-corrected chi connectivity index (χ3v) is 1.63. The molecule has 0 fully saturated rings. The van der Waals surface area contributed by atoms with Gasteiger partial charge in [-0.15, -0.1) is 0 Å². The highest BCUT2D eigenvalue weighted by molar-refractivity contribution is 5.38. The molecule has 1 aliphatic carbocycles. The van der Waals surface area contributed by atoms with Gasteiger partial charge < -0.3 is 16.8 Å². The first-order valence-electron chi connectivity index (χ1n) is 5.33. The lowest BCUT2D eigenvalue weighted by molar-refractivity contribution is 0.834. The van der Waals surface area contributed by atoms with E-state index < -0.39 is 0 Å². The van der Waals surface area contributed by atoms with Crippen molar-refractivity contribution in [3.8, 4) is 0 Å². The van der Waals surface area contributed by atoms with E-state index in [9.17, 15) is 0 Å². The molecular formula is C12H23N3. The molecule has 0 unspecified atom stereocenters. The summed E-state index contributed by atoms with van der Waals surface area (Å²) in [4.78, 5) is 0. The Kier molecular flexibility index (Phi) is 7.46. The highest BCUT2D eigenvalue weighted by Crippen LogP contribution is 2.13. The molecule has 3 nitrogen and oxygen atoms in total. The van der Waals surface area contributed by atoms with E-state index in [2.05, 4.69) is 23.5 Å². The van der Waals surface area contributed by atoms with Crippen LogP contribution >= 0.6 is 0 Å². The second kappa shape index (κ2) is 8.12. The average Bonchev–Trinajstić information content (AvgIpc) is 2.19. The van der Waals surface area contributed by atoms with Crippen LogP contribution < -0.4 is 16.8 Å². The molecule has 1 aliphatic rings. The van der Waals surface area contributed by atoms with Crippen molar-refractivity contribution in [1.29, 1.82) is 0 Å². The molecule has 0 radical (unpaired) electrons. The molecule has 15 heavy (non-hydrogen) atoms. The summed E-state index contributed by atoms with van der Waals surface area (Å²) in [6.07, 6.45) is 10.4. The standard InChI is InChI=1S/C9H14N2.C3H9N/c1-11-7-9(10)8-5-3-2-4-6-8;1-3(2)4/h3,5-7,11H,2,4,10H2,1H3;3H,4H2,1-2H3/b9-7-;. The maximum Gasteiger partial charge on any atom is 0.0543 e. The van der Waals surface area contributed by atoms with Crippen molar-refractivity contribution in [1.82, 2.24) is 5.32 Å². The van der Waals surface area contributed by atoms with Crippen LogP contribution in [0.1, 0.15) is 26.7 Å². The predicted octanol–water partition coefficient (Wildman–Crippen LogP) is 1.64.